The molecule has 1 N–H and O–H groups in total. The first-order valence-electron chi connectivity index (χ1n) is 13.5. The molecule has 3 aromatic heterocycles. The molecule has 2 aliphatic heterocycles. The van der Waals surface area contributed by atoms with Crippen molar-refractivity contribution in [3.8, 4) is 5.95 Å². The van der Waals surface area contributed by atoms with Gasteiger partial charge in [0.05, 0.1) is 55.5 Å². The molecule has 0 atom stereocenters. The van der Waals surface area contributed by atoms with Gasteiger partial charge < -0.3 is 24.6 Å². The molecule has 41 heavy (non-hydrogen) atoms. The SMILES string of the molecule is CN(CCN1CCOCC1)c1ncc(Nc2nc(N3CCOCC3)nc(-n3c(C(F)F)nc4ccccc43)n2)cn1. The van der Waals surface area contributed by atoms with E-state index in [1.807, 2.05) is 16.8 Å². The van der Waals surface area contributed by atoms with Gasteiger partial charge in [0.1, 0.15) is 0 Å². The third-order valence-electron chi connectivity index (χ3n) is 6.98. The third kappa shape index (κ3) is 6.16. The number of likely N-dealkylation sites (N-methyl/N-ethyl adjacent to an activating group) is 1. The van der Waals surface area contributed by atoms with E-state index < -0.39 is 12.2 Å². The van der Waals surface area contributed by atoms with Crippen LogP contribution in [-0.2, 0) is 9.47 Å². The zero-order valence-electron chi connectivity index (χ0n) is 22.7. The topological polar surface area (TPSA) is 122 Å². The summed E-state index contributed by atoms with van der Waals surface area (Å²) in [6.45, 7) is 7.16. The fourth-order valence-corrected chi connectivity index (χ4v) is 4.74. The van der Waals surface area contributed by atoms with Gasteiger partial charge in [-0.15, -0.1) is 0 Å². The Balaban J connectivity index is 1.27. The summed E-state index contributed by atoms with van der Waals surface area (Å²) in [6, 6.07) is 6.90. The summed E-state index contributed by atoms with van der Waals surface area (Å²) in [4.78, 5) is 33.1. The monoisotopic (exact) mass is 567 g/mol. The van der Waals surface area contributed by atoms with Crippen LogP contribution in [0.2, 0.25) is 0 Å². The van der Waals surface area contributed by atoms with E-state index in [2.05, 4.69) is 40.1 Å². The van der Waals surface area contributed by atoms with Crippen molar-refractivity contribution in [3.63, 3.8) is 0 Å². The molecule has 0 spiro atoms. The lowest BCUT2D eigenvalue weighted by molar-refractivity contribution is 0.0392. The highest BCUT2D eigenvalue weighted by molar-refractivity contribution is 5.77. The summed E-state index contributed by atoms with van der Waals surface area (Å²) in [5, 5.41) is 3.13. The standard InChI is InChI=1S/C26H31F2N11O2/c1-36(6-7-37-8-12-40-13-9-37)24-29-16-18(17-30-24)31-23-33-25(38-10-14-41-15-11-38)35-26(34-23)39-20-5-3-2-4-19(20)32-22(39)21(27)28/h2-5,16-17,21H,6-15H2,1H3,(H,31,33,34,35). The lowest BCUT2D eigenvalue weighted by atomic mass is 10.3. The van der Waals surface area contributed by atoms with Gasteiger partial charge in [0.25, 0.3) is 6.43 Å². The maximum Gasteiger partial charge on any atom is 0.296 e. The van der Waals surface area contributed by atoms with Crippen LogP contribution >= 0.6 is 0 Å². The Morgan fingerprint density at radius 1 is 0.902 bits per heavy atom. The number of hydrogen-bond donors (Lipinski definition) is 1. The molecule has 1 aromatic carbocycles. The number of nitrogens with zero attached hydrogens (tertiary/aromatic N) is 10. The van der Waals surface area contributed by atoms with E-state index in [4.69, 9.17) is 9.47 Å². The molecule has 0 radical (unpaired) electrons. The van der Waals surface area contributed by atoms with Crippen LogP contribution in [0.4, 0.5) is 32.3 Å². The molecular formula is C26H31F2N11O2. The number of para-hydroxylation sites is 2. The van der Waals surface area contributed by atoms with Crippen molar-refractivity contribution < 1.29 is 18.3 Å². The van der Waals surface area contributed by atoms with Crippen LogP contribution in [0.5, 0.6) is 0 Å². The maximum absolute atomic E-state index is 14.1. The van der Waals surface area contributed by atoms with Crippen LogP contribution < -0.4 is 15.1 Å². The van der Waals surface area contributed by atoms with Crippen LogP contribution in [0.25, 0.3) is 17.0 Å². The fraction of sp³-hybridized carbons (Fsp3) is 0.462. The maximum atomic E-state index is 14.1. The number of halogens is 2. The third-order valence-corrected chi connectivity index (χ3v) is 6.98. The Morgan fingerprint density at radius 2 is 1.59 bits per heavy atom. The Hall–Kier alpha value is -4.08. The molecule has 2 fully saturated rings. The van der Waals surface area contributed by atoms with E-state index in [1.54, 1.807) is 36.7 Å². The largest absolute Gasteiger partial charge is 0.379 e. The molecule has 0 aliphatic carbocycles. The van der Waals surface area contributed by atoms with Gasteiger partial charge in [-0.3, -0.25) is 9.47 Å². The lowest BCUT2D eigenvalue weighted by Crippen LogP contribution is -2.41. The molecule has 216 valence electrons. The van der Waals surface area contributed by atoms with Crippen LogP contribution in [0.1, 0.15) is 12.2 Å². The highest BCUT2D eigenvalue weighted by Gasteiger charge is 2.24. The minimum atomic E-state index is -2.83. The minimum absolute atomic E-state index is 0.0355. The van der Waals surface area contributed by atoms with E-state index in [9.17, 15) is 8.78 Å². The van der Waals surface area contributed by atoms with Crippen molar-refractivity contribution in [2.75, 3.05) is 87.9 Å². The highest BCUT2D eigenvalue weighted by atomic mass is 19.3. The summed E-state index contributed by atoms with van der Waals surface area (Å²) < 4.78 is 40.3. The molecule has 13 nitrogen and oxygen atoms in total. The first-order chi connectivity index (χ1) is 20.0. The van der Waals surface area contributed by atoms with E-state index in [0.29, 0.717) is 54.9 Å². The average Bonchev–Trinajstić information content (AvgIpc) is 3.41. The molecule has 2 aliphatic rings. The van der Waals surface area contributed by atoms with Crippen molar-refractivity contribution in [1.29, 1.82) is 0 Å². The minimum Gasteiger partial charge on any atom is -0.379 e. The summed E-state index contributed by atoms with van der Waals surface area (Å²) in [5.41, 5.74) is 1.44. The summed E-state index contributed by atoms with van der Waals surface area (Å²) in [5.74, 6) is 0.698. The first kappa shape index (κ1) is 27.1. The van der Waals surface area contributed by atoms with Crippen LogP contribution in [0.15, 0.2) is 36.7 Å². The van der Waals surface area contributed by atoms with Crippen molar-refractivity contribution in [1.82, 2.24) is 39.4 Å². The highest BCUT2D eigenvalue weighted by Crippen LogP contribution is 2.28. The number of anilines is 4. The van der Waals surface area contributed by atoms with Gasteiger partial charge >= 0.3 is 0 Å². The molecule has 0 unspecified atom stereocenters. The van der Waals surface area contributed by atoms with Gasteiger partial charge in [0, 0.05) is 46.3 Å². The van der Waals surface area contributed by atoms with Crippen molar-refractivity contribution in [2.24, 2.45) is 0 Å². The molecule has 0 saturated carbocycles. The molecular weight excluding hydrogens is 536 g/mol. The van der Waals surface area contributed by atoms with E-state index in [1.165, 1.54) is 4.57 Å². The van der Waals surface area contributed by atoms with Crippen LogP contribution in [0.3, 0.4) is 0 Å². The van der Waals surface area contributed by atoms with Gasteiger partial charge in [-0.1, -0.05) is 12.1 Å². The first-order valence-corrected chi connectivity index (χ1v) is 13.5. The zero-order chi connectivity index (χ0) is 28.2. The molecule has 0 bridgehead atoms. The molecule has 15 heteroatoms. The van der Waals surface area contributed by atoms with E-state index >= 15 is 0 Å². The van der Waals surface area contributed by atoms with Gasteiger partial charge in [-0.25, -0.2) is 23.7 Å². The lowest BCUT2D eigenvalue weighted by Gasteiger charge is -2.28. The van der Waals surface area contributed by atoms with E-state index in [0.717, 1.165) is 39.4 Å². The average molecular weight is 568 g/mol. The Kier molecular flexibility index (Phi) is 8.07. The molecule has 5 heterocycles. The number of alkyl halides is 2. The van der Waals surface area contributed by atoms with E-state index in [-0.39, 0.29) is 11.9 Å². The van der Waals surface area contributed by atoms with Gasteiger partial charge in [0.15, 0.2) is 5.82 Å². The van der Waals surface area contributed by atoms with Crippen molar-refractivity contribution in [2.45, 2.75) is 6.43 Å². The second-order valence-corrected chi connectivity index (χ2v) is 9.73. The Bertz CT molecular complexity index is 1460. The summed E-state index contributed by atoms with van der Waals surface area (Å²) in [7, 11) is 1.95. The normalized spacial score (nSPS) is 16.4. The quantitative estimate of drug-likeness (QED) is 0.319. The second kappa shape index (κ2) is 12.2. The number of benzene rings is 1. The summed E-state index contributed by atoms with van der Waals surface area (Å²) >= 11 is 0. The summed E-state index contributed by atoms with van der Waals surface area (Å²) in [6.07, 6.45) is 0.453. The van der Waals surface area contributed by atoms with Crippen LogP contribution in [-0.4, -0.2) is 112 Å². The fourth-order valence-electron chi connectivity index (χ4n) is 4.74. The smallest absolute Gasteiger partial charge is 0.296 e. The zero-order valence-corrected chi connectivity index (χ0v) is 22.7. The number of imidazole rings is 1. The van der Waals surface area contributed by atoms with Crippen molar-refractivity contribution >= 4 is 34.6 Å². The predicted octanol–water partition coefficient (Wildman–Crippen LogP) is 2.29. The molecule has 4 aromatic rings. The number of hydrogen-bond acceptors (Lipinski definition) is 12. The number of aromatic nitrogens is 7. The van der Waals surface area contributed by atoms with Gasteiger partial charge in [-0.05, 0) is 12.1 Å². The number of rotatable bonds is 9. The predicted molar refractivity (Wildman–Crippen MR) is 148 cm³/mol. The number of nitrogens with one attached hydrogen (secondary N) is 1. The molecule has 0 amide bonds. The Labute approximate surface area is 235 Å². The van der Waals surface area contributed by atoms with Gasteiger partial charge in [-0.2, -0.15) is 15.0 Å². The van der Waals surface area contributed by atoms with Crippen LogP contribution in [0, 0.1) is 0 Å². The Morgan fingerprint density at radius 3 is 2.32 bits per heavy atom. The second-order valence-electron chi connectivity index (χ2n) is 9.73. The number of fused-ring (bicyclic) bond motifs is 1. The molecule has 6 rings (SSSR count). The molecule has 2 saturated heterocycles. The number of ether oxygens (including phenoxy) is 2. The van der Waals surface area contributed by atoms with Crippen molar-refractivity contribution in [3.05, 3.63) is 42.5 Å². The van der Waals surface area contributed by atoms with Gasteiger partial charge in [0.2, 0.25) is 23.8 Å². The number of morpholine rings is 2.